The van der Waals surface area contributed by atoms with E-state index >= 15 is 0 Å². The molecular formula is C14H19N3O2. The Labute approximate surface area is 111 Å². The van der Waals surface area contributed by atoms with Gasteiger partial charge in [0.1, 0.15) is 0 Å². The van der Waals surface area contributed by atoms with Crippen LogP contribution >= 0.6 is 0 Å². The Morgan fingerprint density at radius 2 is 2.26 bits per heavy atom. The molecular weight excluding hydrogens is 242 g/mol. The van der Waals surface area contributed by atoms with Crippen LogP contribution in [0.2, 0.25) is 0 Å². The summed E-state index contributed by atoms with van der Waals surface area (Å²) in [6.07, 6.45) is 7.08. The molecule has 1 saturated carbocycles. The number of oxazole rings is 1. The van der Waals surface area contributed by atoms with E-state index in [2.05, 4.69) is 10.3 Å². The van der Waals surface area contributed by atoms with Gasteiger partial charge < -0.3 is 9.73 Å². The number of hydrogen-bond acceptors (Lipinski definition) is 4. The Bertz CT molecular complexity index is 596. The average Bonchev–Trinajstić information content (AvgIpc) is 3.02. The van der Waals surface area contributed by atoms with E-state index in [0.717, 1.165) is 19.0 Å². The van der Waals surface area contributed by atoms with E-state index in [4.69, 9.17) is 4.42 Å². The Balaban J connectivity index is 1.59. The van der Waals surface area contributed by atoms with Crippen molar-refractivity contribution in [2.45, 2.75) is 32.2 Å². The molecule has 0 spiro atoms. The zero-order valence-electron chi connectivity index (χ0n) is 11.0. The largest absolute Gasteiger partial charge is 0.421 e. The first-order valence-corrected chi connectivity index (χ1v) is 6.99. The fourth-order valence-electron chi connectivity index (χ4n) is 2.81. The van der Waals surface area contributed by atoms with Gasteiger partial charge in [-0.05, 0) is 37.4 Å². The van der Waals surface area contributed by atoms with Crippen LogP contribution in [0, 0.1) is 5.92 Å². The van der Waals surface area contributed by atoms with Crippen LogP contribution < -0.4 is 11.1 Å². The summed E-state index contributed by atoms with van der Waals surface area (Å²) in [7, 11) is 0. The molecule has 0 radical (unpaired) electrons. The van der Waals surface area contributed by atoms with E-state index < -0.39 is 0 Å². The average molecular weight is 261 g/mol. The predicted octanol–water partition coefficient (Wildman–Crippen LogP) is 1.77. The third-order valence-electron chi connectivity index (χ3n) is 3.84. The molecule has 0 unspecified atom stereocenters. The van der Waals surface area contributed by atoms with Gasteiger partial charge in [0.25, 0.3) is 0 Å². The summed E-state index contributed by atoms with van der Waals surface area (Å²) < 4.78 is 6.74. The zero-order valence-corrected chi connectivity index (χ0v) is 11.0. The monoisotopic (exact) mass is 261 g/mol. The molecule has 0 aliphatic heterocycles. The number of pyridine rings is 1. The summed E-state index contributed by atoms with van der Waals surface area (Å²) in [5, 5.41) is 3.43. The molecule has 102 valence electrons. The first-order valence-electron chi connectivity index (χ1n) is 6.99. The summed E-state index contributed by atoms with van der Waals surface area (Å²) in [4.78, 5) is 15.9. The number of fused-ring (bicyclic) bond motifs is 1. The van der Waals surface area contributed by atoms with Crippen molar-refractivity contribution in [3.05, 3.63) is 28.9 Å². The molecule has 0 saturated heterocycles. The zero-order chi connectivity index (χ0) is 13.1. The molecule has 1 aliphatic rings. The van der Waals surface area contributed by atoms with E-state index in [-0.39, 0.29) is 5.76 Å². The minimum absolute atomic E-state index is 0.323. The maximum absolute atomic E-state index is 11.7. The van der Waals surface area contributed by atoms with Gasteiger partial charge in [-0.1, -0.05) is 12.8 Å². The highest BCUT2D eigenvalue weighted by Gasteiger charge is 2.14. The molecule has 2 heterocycles. The number of nitrogens with one attached hydrogen (secondary N) is 1. The van der Waals surface area contributed by atoms with Gasteiger partial charge in [-0.3, -0.25) is 4.57 Å². The normalized spacial score (nSPS) is 16.4. The minimum atomic E-state index is -0.323. The van der Waals surface area contributed by atoms with Gasteiger partial charge in [-0.2, -0.15) is 0 Å². The van der Waals surface area contributed by atoms with Crippen molar-refractivity contribution in [2.24, 2.45) is 5.92 Å². The van der Waals surface area contributed by atoms with Crippen molar-refractivity contribution >= 4 is 11.2 Å². The molecule has 1 aliphatic carbocycles. The van der Waals surface area contributed by atoms with Gasteiger partial charge in [-0.25, -0.2) is 9.78 Å². The second-order valence-corrected chi connectivity index (χ2v) is 5.20. The topological polar surface area (TPSA) is 60.1 Å². The third kappa shape index (κ3) is 2.71. The quantitative estimate of drug-likeness (QED) is 0.833. The Kier molecular flexibility index (Phi) is 3.64. The third-order valence-corrected chi connectivity index (χ3v) is 3.84. The Morgan fingerprint density at radius 3 is 3.11 bits per heavy atom. The van der Waals surface area contributed by atoms with Gasteiger partial charge >= 0.3 is 5.76 Å². The second kappa shape index (κ2) is 5.57. The van der Waals surface area contributed by atoms with Crippen molar-refractivity contribution in [1.82, 2.24) is 14.9 Å². The van der Waals surface area contributed by atoms with E-state index in [1.807, 2.05) is 0 Å². The highest BCUT2D eigenvalue weighted by molar-refractivity contribution is 5.67. The fourth-order valence-corrected chi connectivity index (χ4v) is 2.81. The smallest absolute Gasteiger partial charge is 0.406 e. The van der Waals surface area contributed by atoms with E-state index in [0.29, 0.717) is 17.8 Å². The van der Waals surface area contributed by atoms with E-state index in [1.54, 1.807) is 22.9 Å². The SMILES string of the molecule is O=c1oc2cccnc2n1CCNCC1CCCC1. The van der Waals surface area contributed by atoms with Crippen molar-refractivity contribution in [1.29, 1.82) is 0 Å². The fraction of sp³-hybridized carbons (Fsp3) is 0.571. The van der Waals surface area contributed by atoms with Crippen LogP contribution in [0.1, 0.15) is 25.7 Å². The van der Waals surface area contributed by atoms with Crippen molar-refractivity contribution in [3.63, 3.8) is 0 Å². The molecule has 0 aromatic carbocycles. The van der Waals surface area contributed by atoms with Gasteiger partial charge in [0.2, 0.25) is 0 Å². The van der Waals surface area contributed by atoms with Crippen LogP contribution in [0.4, 0.5) is 0 Å². The summed E-state index contributed by atoms with van der Waals surface area (Å²) in [5.41, 5.74) is 1.19. The van der Waals surface area contributed by atoms with Crippen LogP contribution in [0.3, 0.4) is 0 Å². The highest BCUT2D eigenvalue weighted by atomic mass is 16.4. The molecule has 0 bridgehead atoms. The maximum atomic E-state index is 11.7. The molecule has 2 aromatic heterocycles. The lowest BCUT2D eigenvalue weighted by molar-refractivity contribution is 0.459. The van der Waals surface area contributed by atoms with E-state index in [9.17, 15) is 4.79 Å². The van der Waals surface area contributed by atoms with Gasteiger partial charge in [0.15, 0.2) is 11.2 Å². The van der Waals surface area contributed by atoms with Crippen LogP contribution in [0.15, 0.2) is 27.5 Å². The number of nitrogens with zero attached hydrogens (tertiary/aromatic N) is 2. The van der Waals surface area contributed by atoms with Gasteiger partial charge in [0.05, 0.1) is 0 Å². The molecule has 1 fully saturated rings. The number of hydrogen-bond donors (Lipinski definition) is 1. The molecule has 3 rings (SSSR count). The Morgan fingerprint density at radius 1 is 1.42 bits per heavy atom. The lowest BCUT2D eigenvalue weighted by atomic mass is 10.1. The van der Waals surface area contributed by atoms with E-state index in [1.165, 1.54) is 25.7 Å². The summed E-state index contributed by atoms with van der Waals surface area (Å²) in [6.45, 7) is 2.44. The molecule has 2 aromatic rings. The number of aromatic nitrogens is 2. The molecule has 5 nitrogen and oxygen atoms in total. The number of rotatable bonds is 5. The van der Waals surface area contributed by atoms with Gasteiger partial charge in [-0.15, -0.1) is 0 Å². The first-order chi connectivity index (χ1) is 9.34. The molecule has 5 heteroatoms. The molecule has 0 atom stereocenters. The van der Waals surface area contributed by atoms with Crippen LogP contribution in [-0.2, 0) is 6.54 Å². The van der Waals surface area contributed by atoms with Crippen LogP contribution in [0.25, 0.3) is 11.2 Å². The second-order valence-electron chi connectivity index (χ2n) is 5.20. The van der Waals surface area contributed by atoms with Crippen molar-refractivity contribution in [2.75, 3.05) is 13.1 Å². The summed E-state index contributed by atoms with van der Waals surface area (Å²) in [6, 6.07) is 3.54. The minimum Gasteiger partial charge on any atom is -0.406 e. The maximum Gasteiger partial charge on any atom is 0.421 e. The van der Waals surface area contributed by atoms with Crippen LogP contribution in [0.5, 0.6) is 0 Å². The highest BCUT2D eigenvalue weighted by Crippen LogP contribution is 2.23. The van der Waals surface area contributed by atoms with Crippen molar-refractivity contribution < 1.29 is 4.42 Å². The lowest BCUT2D eigenvalue weighted by Gasteiger charge is -2.10. The summed E-state index contributed by atoms with van der Waals surface area (Å²) in [5.74, 6) is 0.493. The van der Waals surface area contributed by atoms with Gasteiger partial charge in [0, 0.05) is 19.3 Å². The summed E-state index contributed by atoms with van der Waals surface area (Å²) >= 11 is 0. The lowest BCUT2D eigenvalue weighted by Crippen LogP contribution is -2.28. The van der Waals surface area contributed by atoms with Crippen LogP contribution in [-0.4, -0.2) is 22.6 Å². The standard InChI is InChI=1S/C14H19N3O2/c18-14-17(13-12(19-14)6-3-7-16-13)9-8-15-10-11-4-1-2-5-11/h3,6-7,11,15H,1-2,4-5,8-10H2. The molecule has 19 heavy (non-hydrogen) atoms. The van der Waals surface area contributed by atoms with Crippen molar-refractivity contribution in [3.8, 4) is 0 Å². The first kappa shape index (κ1) is 12.4. The molecule has 0 amide bonds. The predicted molar refractivity (Wildman–Crippen MR) is 73.1 cm³/mol. The Hall–Kier alpha value is -1.62. The molecule has 1 N–H and O–H groups in total.